The number of hydrogen-bond acceptors (Lipinski definition) is 4. The van der Waals surface area contributed by atoms with Gasteiger partial charge in [0.1, 0.15) is 5.78 Å². The largest absolute Gasteiger partial charge is 0.299 e. The number of benzene rings is 1. The first kappa shape index (κ1) is 16.1. The standard InChI is InChI=1S/C21H18N4O/c1-25-14-17(13-23-25)20-8-7-16-12-22-18(11-21(16)24-20)10-19(26)9-15-5-3-2-4-6-15/h2-8,11-14H,9-10H2,1H3. The predicted molar refractivity (Wildman–Crippen MR) is 101 cm³/mol. The Balaban J connectivity index is 1.57. The van der Waals surface area contributed by atoms with Crippen molar-refractivity contribution < 1.29 is 4.79 Å². The maximum atomic E-state index is 12.3. The fourth-order valence-corrected chi connectivity index (χ4v) is 2.96. The number of nitrogens with zero attached hydrogens (tertiary/aromatic N) is 4. The van der Waals surface area contributed by atoms with E-state index in [1.807, 2.05) is 61.8 Å². The number of aromatic nitrogens is 4. The molecule has 1 aromatic carbocycles. The van der Waals surface area contributed by atoms with Crippen molar-refractivity contribution in [2.24, 2.45) is 7.05 Å². The molecule has 0 aliphatic rings. The lowest BCUT2D eigenvalue weighted by Gasteiger charge is -2.04. The van der Waals surface area contributed by atoms with Gasteiger partial charge in [-0.2, -0.15) is 5.10 Å². The van der Waals surface area contributed by atoms with E-state index in [2.05, 4.69) is 10.1 Å². The number of rotatable bonds is 5. The molecule has 4 aromatic rings. The van der Waals surface area contributed by atoms with E-state index in [1.165, 1.54) is 0 Å². The van der Waals surface area contributed by atoms with Gasteiger partial charge in [0.05, 0.1) is 17.4 Å². The predicted octanol–water partition coefficient (Wildman–Crippen LogP) is 3.38. The van der Waals surface area contributed by atoms with Crippen molar-refractivity contribution in [2.75, 3.05) is 0 Å². The molecule has 0 atom stereocenters. The molecule has 4 rings (SSSR count). The molecule has 5 nitrogen and oxygen atoms in total. The van der Waals surface area contributed by atoms with Gasteiger partial charge >= 0.3 is 0 Å². The van der Waals surface area contributed by atoms with E-state index in [1.54, 1.807) is 17.1 Å². The molecule has 0 amide bonds. The van der Waals surface area contributed by atoms with Crippen molar-refractivity contribution in [1.29, 1.82) is 0 Å². The zero-order valence-corrected chi connectivity index (χ0v) is 14.5. The van der Waals surface area contributed by atoms with Crippen molar-refractivity contribution in [2.45, 2.75) is 12.8 Å². The summed E-state index contributed by atoms with van der Waals surface area (Å²) in [4.78, 5) is 21.5. The zero-order valence-electron chi connectivity index (χ0n) is 14.5. The minimum absolute atomic E-state index is 0.145. The van der Waals surface area contributed by atoms with Crippen molar-refractivity contribution in [3.05, 3.63) is 78.4 Å². The molecule has 0 radical (unpaired) electrons. The van der Waals surface area contributed by atoms with Gasteiger partial charge < -0.3 is 0 Å². The summed E-state index contributed by atoms with van der Waals surface area (Å²) < 4.78 is 1.75. The molecule has 0 spiro atoms. The first-order valence-electron chi connectivity index (χ1n) is 8.48. The van der Waals surface area contributed by atoms with Crippen LogP contribution < -0.4 is 0 Å². The minimum atomic E-state index is 0.145. The number of pyridine rings is 2. The maximum absolute atomic E-state index is 12.3. The molecule has 3 heterocycles. The highest BCUT2D eigenvalue weighted by molar-refractivity contribution is 5.85. The van der Waals surface area contributed by atoms with Crippen LogP contribution in [0.1, 0.15) is 11.3 Å². The maximum Gasteiger partial charge on any atom is 0.143 e. The second-order valence-corrected chi connectivity index (χ2v) is 6.35. The number of fused-ring (bicyclic) bond motifs is 1. The molecule has 0 saturated heterocycles. The summed E-state index contributed by atoms with van der Waals surface area (Å²) in [5.74, 6) is 0.145. The third-order valence-corrected chi connectivity index (χ3v) is 4.25. The third kappa shape index (κ3) is 3.52. The summed E-state index contributed by atoms with van der Waals surface area (Å²) in [6.07, 6.45) is 6.23. The third-order valence-electron chi connectivity index (χ3n) is 4.25. The van der Waals surface area contributed by atoms with Gasteiger partial charge in [0, 0.05) is 48.9 Å². The molecule has 0 saturated carbocycles. The van der Waals surface area contributed by atoms with Crippen LogP contribution in [0.3, 0.4) is 0 Å². The molecule has 5 heteroatoms. The first-order valence-corrected chi connectivity index (χ1v) is 8.48. The van der Waals surface area contributed by atoms with Gasteiger partial charge in [-0.15, -0.1) is 0 Å². The number of carbonyl (C=O) groups is 1. The number of hydrogen-bond donors (Lipinski definition) is 0. The second kappa shape index (κ2) is 6.88. The molecule has 26 heavy (non-hydrogen) atoms. The highest BCUT2D eigenvalue weighted by Crippen LogP contribution is 2.20. The summed E-state index contributed by atoms with van der Waals surface area (Å²) in [5.41, 5.74) is 4.43. The molecular formula is C21H18N4O. The van der Waals surface area contributed by atoms with Crippen molar-refractivity contribution >= 4 is 16.7 Å². The van der Waals surface area contributed by atoms with Crippen molar-refractivity contribution in [3.63, 3.8) is 0 Å². The fraction of sp³-hybridized carbons (Fsp3) is 0.143. The van der Waals surface area contributed by atoms with Gasteiger partial charge in [-0.3, -0.25) is 14.5 Å². The lowest BCUT2D eigenvalue weighted by Crippen LogP contribution is -2.07. The number of aryl methyl sites for hydroxylation is 1. The van der Waals surface area contributed by atoms with Gasteiger partial charge in [0.25, 0.3) is 0 Å². The van der Waals surface area contributed by atoms with Crippen LogP contribution >= 0.6 is 0 Å². The summed E-state index contributed by atoms with van der Waals surface area (Å²) in [5, 5.41) is 5.14. The van der Waals surface area contributed by atoms with E-state index < -0.39 is 0 Å². The normalized spacial score (nSPS) is 11.0. The molecule has 0 fully saturated rings. The lowest BCUT2D eigenvalue weighted by molar-refractivity contribution is -0.117. The molecule has 0 N–H and O–H groups in total. The quantitative estimate of drug-likeness (QED) is 0.558. The average molecular weight is 342 g/mol. The molecule has 0 bridgehead atoms. The summed E-state index contributed by atoms with van der Waals surface area (Å²) in [6.45, 7) is 0. The van der Waals surface area contributed by atoms with Crippen LogP contribution in [0.2, 0.25) is 0 Å². The summed E-state index contributed by atoms with van der Waals surface area (Å²) >= 11 is 0. The van der Waals surface area contributed by atoms with E-state index in [4.69, 9.17) is 4.98 Å². The van der Waals surface area contributed by atoms with E-state index in [0.29, 0.717) is 12.8 Å². The van der Waals surface area contributed by atoms with E-state index >= 15 is 0 Å². The van der Waals surface area contributed by atoms with E-state index in [-0.39, 0.29) is 5.78 Å². The van der Waals surface area contributed by atoms with Crippen molar-refractivity contribution in [1.82, 2.24) is 19.7 Å². The summed E-state index contributed by atoms with van der Waals surface area (Å²) in [6, 6.07) is 15.6. The smallest absolute Gasteiger partial charge is 0.143 e. The molecule has 0 aliphatic carbocycles. The van der Waals surface area contributed by atoms with Crippen LogP contribution in [-0.2, 0) is 24.7 Å². The van der Waals surface area contributed by atoms with Crippen molar-refractivity contribution in [3.8, 4) is 11.3 Å². The Kier molecular flexibility index (Phi) is 4.27. The van der Waals surface area contributed by atoms with Crippen LogP contribution in [0.15, 0.2) is 67.1 Å². The SMILES string of the molecule is Cn1cc(-c2ccc3cnc(CC(=O)Cc4ccccc4)cc3n2)cn1. The van der Waals surface area contributed by atoms with Crippen LogP contribution in [0.25, 0.3) is 22.2 Å². The van der Waals surface area contributed by atoms with Gasteiger partial charge in [-0.05, 0) is 23.8 Å². The fourth-order valence-electron chi connectivity index (χ4n) is 2.96. The highest BCUT2D eigenvalue weighted by Gasteiger charge is 2.09. The van der Waals surface area contributed by atoms with Gasteiger partial charge in [0.15, 0.2) is 0 Å². The molecule has 128 valence electrons. The van der Waals surface area contributed by atoms with Crippen LogP contribution in [0, 0.1) is 0 Å². The second-order valence-electron chi connectivity index (χ2n) is 6.35. The Labute approximate surface area is 151 Å². The Morgan fingerprint density at radius 2 is 1.88 bits per heavy atom. The lowest BCUT2D eigenvalue weighted by atomic mass is 10.1. The van der Waals surface area contributed by atoms with Crippen LogP contribution in [-0.4, -0.2) is 25.5 Å². The van der Waals surface area contributed by atoms with Gasteiger partial charge in [-0.25, -0.2) is 4.98 Å². The van der Waals surface area contributed by atoms with Crippen LogP contribution in [0.5, 0.6) is 0 Å². The molecule has 3 aromatic heterocycles. The molecule has 0 aliphatic heterocycles. The number of Topliss-reactive ketones (excluding diaryl/α,β-unsaturated/α-hetero) is 1. The Morgan fingerprint density at radius 3 is 2.65 bits per heavy atom. The highest BCUT2D eigenvalue weighted by atomic mass is 16.1. The number of carbonyl (C=O) groups excluding carboxylic acids is 1. The molecular weight excluding hydrogens is 324 g/mol. The first-order chi connectivity index (χ1) is 12.7. The summed E-state index contributed by atoms with van der Waals surface area (Å²) in [7, 11) is 1.88. The topological polar surface area (TPSA) is 60.7 Å². The average Bonchev–Trinajstić information content (AvgIpc) is 3.08. The van der Waals surface area contributed by atoms with Gasteiger partial charge in [-0.1, -0.05) is 30.3 Å². The Bertz CT molecular complexity index is 1070. The molecule has 0 unspecified atom stereocenters. The van der Waals surface area contributed by atoms with E-state index in [0.717, 1.165) is 33.4 Å². The Hall–Kier alpha value is -3.34. The Morgan fingerprint density at radius 1 is 1.04 bits per heavy atom. The zero-order chi connectivity index (χ0) is 17.9. The van der Waals surface area contributed by atoms with Crippen LogP contribution in [0.4, 0.5) is 0 Å². The number of ketones is 1. The van der Waals surface area contributed by atoms with Gasteiger partial charge in [0.2, 0.25) is 0 Å². The minimum Gasteiger partial charge on any atom is -0.299 e. The van der Waals surface area contributed by atoms with E-state index in [9.17, 15) is 4.79 Å². The monoisotopic (exact) mass is 342 g/mol.